The summed E-state index contributed by atoms with van der Waals surface area (Å²) in [7, 11) is 0. The topological polar surface area (TPSA) is 75.6 Å². The Morgan fingerprint density at radius 1 is 1.22 bits per heavy atom. The number of alkyl halides is 3. The van der Waals surface area contributed by atoms with E-state index in [2.05, 4.69) is 31.1 Å². The molecule has 0 unspecified atom stereocenters. The molecule has 0 saturated heterocycles. The molecule has 5 nitrogen and oxygen atoms in total. The van der Waals surface area contributed by atoms with Crippen molar-refractivity contribution in [3.05, 3.63) is 57.5 Å². The summed E-state index contributed by atoms with van der Waals surface area (Å²) < 4.78 is 45.9. The maximum Gasteiger partial charge on any atom is 0.417 e. The van der Waals surface area contributed by atoms with Crippen molar-refractivity contribution in [3.63, 3.8) is 0 Å². The molecule has 0 aliphatic carbocycles. The molecule has 3 rings (SSSR count). The first-order chi connectivity index (χ1) is 12.8. The summed E-state index contributed by atoms with van der Waals surface area (Å²) in [5.74, 6) is 0.608. The second-order valence-electron chi connectivity index (χ2n) is 5.40. The third-order valence-electron chi connectivity index (χ3n) is 3.42. The lowest BCUT2D eigenvalue weighted by molar-refractivity contribution is -0.138. The van der Waals surface area contributed by atoms with Crippen LogP contribution in [0.25, 0.3) is 11.5 Å². The van der Waals surface area contributed by atoms with Gasteiger partial charge in [0.25, 0.3) is 0 Å². The van der Waals surface area contributed by atoms with Crippen LogP contribution in [-0.2, 0) is 11.9 Å². The van der Waals surface area contributed by atoms with Crippen molar-refractivity contribution in [2.75, 3.05) is 0 Å². The summed E-state index contributed by atoms with van der Waals surface area (Å²) >= 11 is 4.27. The van der Waals surface area contributed by atoms with Gasteiger partial charge in [-0.3, -0.25) is 0 Å². The lowest BCUT2D eigenvalue weighted by atomic mass is 10.1. The lowest BCUT2D eigenvalue weighted by Crippen LogP contribution is -2.10. The van der Waals surface area contributed by atoms with E-state index in [1.165, 1.54) is 6.92 Å². The van der Waals surface area contributed by atoms with E-state index in [1.807, 2.05) is 12.1 Å². The molecule has 0 saturated carbocycles. The van der Waals surface area contributed by atoms with Crippen molar-refractivity contribution in [2.24, 2.45) is 0 Å². The Kier molecular flexibility index (Phi) is 5.53. The van der Waals surface area contributed by atoms with Crippen molar-refractivity contribution in [2.45, 2.75) is 23.9 Å². The second kappa shape index (κ2) is 7.70. The van der Waals surface area contributed by atoms with Crippen LogP contribution in [-0.4, -0.2) is 15.2 Å². The van der Waals surface area contributed by atoms with Crippen LogP contribution in [0.2, 0.25) is 0 Å². The predicted octanol–water partition coefficient (Wildman–Crippen LogP) is 5.39. The Morgan fingerprint density at radius 3 is 2.56 bits per heavy atom. The van der Waals surface area contributed by atoms with Gasteiger partial charge in [-0.1, -0.05) is 27.7 Å². The zero-order chi connectivity index (χ0) is 19.6. The summed E-state index contributed by atoms with van der Waals surface area (Å²) in [6.07, 6.45) is -4.63. The number of pyridine rings is 1. The Morgan fingerprint density at radius 2 is 1.93 bits per heavy atom. The number of thioether (sulfide) groups is 1. The van der Waals surface area contributed by atoms with Crippen LogP contribution in [0.5, 0.6) is 0 Å². The highest BCUT2D eigenvalue weighted by molar-refractivity contribution is 9.10. The fourth-order valence-electron chi connectivity index (χ4n) is 2.23. The highest BCUT2D eigenvalue weighted by atomic mass is 79.9. The van der Waals surface area contributed by atoms with Gasteiger partial charge in [-0.15, -0.1) is 10.2 Å². The number of nitrogens with zero attached hydrogens (tertiary/aromatic N) is 4. The van der Waals surface area contributed by atoms with E-state index in [-0.39, 0.29) is 22.4 Å². The predicted molar refractivity (Wildman–Crippen MR) is 95.7 cm³/mol. The molecule has 0 N–H and O–H groups in total. The molecular weight excluding hydrogens is 445 g/mol. The minimum absolute atomic E-state index is 0.0202. The van der Waals surface area contributed by atoms with Gasteiger partial charge >= 0.3 is 6.18 Å². The third kappa shape index (κ3) is 4.48. The van der Waals surface area contributed by atoms with E-state index in [0.29, 0.717) is 11.5 Å². The zero-order valence-corrected chi connectivity index (χ0v) is 16.1. The first-order valence-corrected chi connectivity index (χ1v) is 9.26. The summed E-state index contributed by atoms with van der Waals surface area (Å²) in [6, 6.07) is 9.69. The van der Waals surface area contributed by atoms with Gasteiger partial charge in [0.1, 0.15) is 11.1 Å². The van der Waals surface area contributed by atoms with Gasteiger partial charge in [0.05, 0.1) is 16.9 Å². The molecule has 3 aromatic rings. The van der Waals surface area contributed by atoms with E-state index in [1.54, 1.807) is 18.2 Å². The normalized spacial score (nSPS) is 11.4. The molecule has 0 spiro atoms. The number of aryl methyl sites for hydroxylation is 1. The molecule has 0 bridgehead atoms. The largest absolute Gasteiger partial charge is 0.420 e. The van der Waals surface area contributed by atoms with Gasteiger partial charge in [-0.05, 0) is 37.3 Å². The van der Waals surface area contributed by atoms with Crippen LogP contribution in [0.15, 0.2) is 44.2 Å². The van der Waals surface area contributed by atoms with Crippen molar-refractivity contribution in [3.8, 4) is 17.5 Å². The summed E-state index contributed by atoms with van der Waals surface area (Å²) in [6.45, 7) is 1.44. The van der Waals surface area contributed by atoms with E-state index >= 15 is 0 Å². The zero-order valence-electron chi connectivity index (χ0n) is 13.7. The molecular formula is C17H10BrF3N4OS. The van der Waals surface area contributed by atoms with Gasteiger partial charge in [0.15, 0.2) is 0 Å². The van der Waals surface area contributed by atoms with E-state index in [0.717, 1.165) is 22.3 Å². The number of hydrogen-bond donors (Lipinski definition) is 0. The molecule has 1 aromatic carbocycles. The number of benzene rings is 1. The molecule has 0 radical (unpaired) electrons. The first kappa shape index (κ1) is 19.4. The number of hydrogen-bond acceptors (Lipinski definition) is 6. The molecule has 138 valence electrons. The van der Waals surface area contributed by atoms with Crippen LogP contribution >= 0.6 is 27.7 Å². The minimum atomic E-state index is -4.63. The first-order valence-electron chi connectivity index (χ1n) is 7.48. The number of aromatic nitrogens is 3. The van der Waals surface area contributed by atoms with Gasteiger partial charge in [-0.25, -0.2) is 4.98 Å². The van der Waals surface area contributed by atoms with Crippen molar-refractivity contribution in [1.29, 1.82) is 5.26 Å². The van der Waals surface area contributed by atoms with Gasteiger partial charge < -0.3 is 4.42 Å². The van der Waals surface area contributed by atoms with Crippen LogP contribution in [0, 0.1) is 18.3 Å². The second-order valence-corrected chi connectivity index (χ2v) is 7.28. The number of nitriles is 1. The molecule has 27 heavy (non-hydrogen) atoms. The van der Waals surface area contributed by atoms with E-state index < -0.39 is 17.3 Å². The highest BCUT2D eigenvalue weighted by Gasteiger charge is 2.35. The summed E-state index contributed by atoms with van der Waals surface area (Å²) in [5, 5.41) is 17.0. The van der Waals surface area contributed by atoms with Crippen LogP contribution in [0.1, 0.15) is 22.7 Å². The number of rotatable bonds is 4. The molecule has 2 aromatic heterocycles. The molecule has 0 fully saturated rings. The van der Waals surface area contributed by atoms with Crippen molar-refractivity contribution >= 4 is 27.7 Å². The average molecular weight is 455 g/mol. The molecule has 0 aliphatic heterocycles. The SMILES string of the molecule is Cc1cc(C(F)(F)F)c(C#N)c(SCc2nnc(-c3ccc(Br)cc3)o2)n1. The van der Waals surface area contributed by atoms with Gasteiger partial charge in [0, 0.05) is 15.7 Å². The smallest absolute Gasteiger partial charge is 0.417 e. The highest BCUT2D eigenvalue weighted by Crippen LogP contribution is 2.36. The summed E-state index contributed by atoms with van der Waals surface area (Å²) in [5.41, 5.74) is -0.621. The van der Waals surface area contributed by atoms with Crippen LogP contribution in [0.3, 0.4) is 0 Å². The third-order valence-corrected chi connectivity index (χ3v) is 4.91. The van der Waals surface area contributed by atoms with Gasteiger partial charge in [-0.2, -0.15) is 18.4 Å². The molecule has 10 heteroatoms. The molecule has 0 aliphatic rings. The monoisotopic (exact) mass is 454 g/mol. The van der Waals surface area contributed by atoms with E-state index in [9.17, 15) is 13.2 Å². The maximum atomic E-state index is 13.1. The Hall–Kier alpha value is -2.38. The number of halogens is 4. The van der Waals surface area contributed by atoms with Gasteiger partial charge in [0.2, 0.25) is 11.8 Å². The van der Waals surface area contributed by atoms with Crippen LogP contribution < -0.4 is 0 Å². The Labute approximate surface area is 164 Å². The maximum absolute atomic E-state index is 13.1. The molecule has 2 heterocycles. The minimum Gasteiger partial charge on any atom is -0.420 e. The Balaban J connectivity index is 1.83. The quantitative estimate of drug-likeness (QED) is 0.492. The van der Waals surface area contributed by atoms with Crippen molar-refractivity contribution in [1.82, 2.24) is 15.2 Å². The standard InChI is InChI=1S/C17H10BrF3N4OS/c1-9-6-13(17(19,20)21)12(7-22)16(23-9)27-8-14-24-25-15(26-14)10-2-4-11(18)5-3-10/h2-6H,8H2,1H3. The van der Waals surface area contributed by atoms with Crippen LogP contribution in [0.4, 0.5) is 13.2 Å². The van der Waals surface area contributed by atoms with Crippen molar-refractivity contribution < 1.29 is 17.6 Å². The lowest BCUT2D eigenvalue weighted by Gasteiger charge is -2.12. The molecule has 0 amide bonds. The fourth-order valence-corrected chi connectivity index (χ4v) is 3.38. The molecule has 0 atom stereocenters. The van der Waals surface area contributed by atoms with E-state index in [4.69, 9.17) is 9.68 Å². The average Bonchev–Trinajstić information content (AvgIpc) is 3.08. The fraction of sp³-hybridized carbons (Fsp3) is 0.176. The summed E-state index contributed by atoms with van der Waals surface area (Å²) in [4.78, 5) is 4.05. The Bertz CT molecular complexity index is 1010.